The molecule has 0 radical (unpaired) electrons. The summed E-state index contributed by atoms with van der Waals surface area (Å²) in [6, 6.07) is 7.97. The lowest BCUT2D eigenvalue weighted by atomic mass is 10.2. The molecule has 0 aliphatic rings. The molecule has 3 aromatic rings. The average Bonchev–Trinajstić information content (AvgIpc) is 2.90. The lowest BCUT2D eigenvalue weighted by Gasteiger charge is -2.18. The molecule has 0 bridgehead atoms. The molecule has 0 unspecified atom stereocenters. The molecule has 3 rings (SSSR count). The van der Waals surface area contributed by atoms with Crippen LogP contribution in [0.15, 0.2) is 36.7 Å². The Bertz CT molecular complexity index is 827. The van der Waals surface area contributed by atoms with Crippen molar-refractivity contribution >= 4 is 29.2 Å². The molecule has 2 aromatic heterocycles. The van der Waals surface area contributed by atoms with Gasteiger partial charge in [0.1, 0.15) is 0 Å². The molecule has 1 amide bonds. The van der Waals surface area contributed by atoms with E-state index in [9.17, 15) is 4.79 Å². The monoisotopic (exact) mass is 298 g/mol. The number of rotatable bonds is 3. The lowest BCUT2D eigenvalue weighted by molar-refractivity contribution is 0.209. The smallest absolute Gasteiger partial charge is 0.411 e. The van der Waals surface area contributed by atoms with Crippen molar-refractivity contribution in [3.8, 4) is 0 Å². The first-order valence-electron chi connectivity index (χ1n) is 6.56. The van der Waals surface area contributed by atoms with Gasteiger partial charge in [-0.05, 0) is 19.1 Å². The molecule has 0 spiro atoms. The van der Waals surface area contributed by atoms with Gasteiger partial charge < -0.3 is 10.0 Å². The van der Waals surface area contributed by atoms with E-state index in [4.69, 9.17) is 5.11 Å². The topological polar surface area (TPSA) is 95.7 Å². The number of carboxylic acid groups (broad SMARTS) is 1. The van der Waals surface area contributed by atoms with Crippen LogP contribution < -0.4 is 10.2 Å². The Morgan fingerprint density at radius 2 is 2.00 bits per heavy atom. The van der Waals surface area contributed by atoms with E-state index in [-0.39, 0.29) is 5.95 Å². The molecule has 22 heavy (non-hydrogen) atoms. The number of hydrogen-bond donors (Lipinski definition) is 2. The number of anilines is 3. The molecule has 0 saturated carbocycles. The second-order valence-electron chi connectivity index (χ2n) is 4.79. The maximum atomic E-state index is 10.8. The standard InChI is InChI=1S/C14H14N6O2/c1-9-3-5-10(6-4-9)19(2)11-12-17-18-13(16-14(21)22)20(12)8-7-15-11/h3-8H,1-2H3,(H,16,18)(H,21,22). The SMILES string of the molecule is Cc1ccc(N(C)c2nccn3c(NC(=O)O)nnc23)cc1. The highest BCUT2D eigenvalue weighted by molar-refractivity contribution is 5.82. The van der Waals surface area contributed by atoms with Crippen molar-refractivity contribution in [1.82, 2.24) is 19.6 Å². The Morgan fingerprint density at radius 3 is 2.68 bits per heavy atom. The van der Waals surface area contributed by atoms with E-state index in [0.717, 1.165) is 5.69 Å². The fourth-order valence-electron chi connectivity index (χ4n) is 2.12. The Labute approximate surface area is 126 Å². The van der Waals surface area contributed by atoms with Crippen LogP contribution in [0.2, 0.25) is 0 Å². The van der Waals surface area contributed by atoms with Gasteiger partial charge in [0, 0.05) is 25.1 Å². The molecule has 0 fully saturated rings. The predicted molar refractivity (Wildman–Crippen MR) is 81.7 cm³/mol. The number of fused-ring (bicyclic) bond motifs is 1. The zero-order chi connectivity index (χ0) is 15.7. The highest BCUT2D eigenvalue weighted by Gasteiger charge is 2.15. The number of nitrogens with one attached hydrogen (secondary N) is 1. The van der Waals surface area contributed by atoms with Crippen LogP contribution in [0.5, 0.6) is 0 Å². The van der Waals surface area contributed by atoms with Crippen LogP contribution in [-0.4, -0.2) is 37.8 Å². The van der Waals surface area contributed by atoms with Crippen molar-refractivity contribution in [2.45, 2.75) is 6.92 Å². The first-order valence-corrected chi connectivity index (χ1v) is 6.56. The minimum Gasteiger partial charge on any atom is -0.465 e. The maximum Gasteiger partial charge on any atom is 0.411 e. The van der Waals surface area contributed by atoms with Gasteiger partial charge in [-0.1, -0.05) is 17.7 Å². The van der Waals surface area contributed by atoms with Gasteiger partial charge in [-0.2, -0.15) is 0 Å². The van der Waals surface area contributed by atoms with Gasteiger partial charge in [0.15, 0.2) is 5.82 Å². The van der Waals surface area contributed by atoms with Crippen LogP contribution in [0.25, 0.3) is 5.65 Å². The molecular formula is C14H14N6O2. The van der Waals surface area contributed by atoms with E-state index in [1.54, 1.807) is 16.8 Å². The quantitative estimate of drug-likeness (QED) is 0.770. The van der Waals surface area contributed by atoms with E-state index >= 15 is 0 Å². The van der Waals surface area contributed by atoms with Crippen LogP contribution in [0, 0.1) is 6.92 Å². The van der Waals surface area contributed by atoms with Crippen molar-refractivity contribution < 1.29 is 9.90 Å². The Morgan fingerprint density at radius 1 is 1.27 bits per heavy atom. The fourth-order valence-corrected chi connectivity index (χ4v) is 2.12. The highest BCUT2D eigenvalue weighted by Crippen LogP contribution is 2.25. The Hall–Kier alpha value is -3.16. The number of aromatic nitrogens is 4. The van der Waals surface area contributed by atoms with Gasteiger partial charge in [-0.25, -0.2) is 9.78 Å². The van der Waals surface area contributed by atoms with E-state index in [1.165, 1.54) is 5.56 Å². The van der Waals surface area contributed by atoms with Gasteiger partial charge in [0.2, 0.25) is 11.6 Å². The van der Waals surface area contributed by atoms with E-state index in [1.807, 2.05) is 43.1 Å². The van der Waals surface area contributed by atoms with Gasteiger partial charge >= 0.3 is 6.09 Å². The fraction of sp³-hybridized carbons (Fsp3) is 0.143. The molecule has 8 nitrogen and oxygen atoms in total. The molecule has 2 heterocycles. The summed E-state index contributed by atoms with van der Waals surface area (Å²) in [7, 11) is 1.87. The van der Waals surface area contributed by atoms with E-state index in [0.29, 0.717) is 11.5 Å². The van der Waals surface area contributed by atoms with Crippen molar-refractivity contribution in [1.29, 1.82) is 0 Å². The first-order chi connectivity index (χ1) is 10.6. The van der Waals surface area contributed by atoms with Gasteiger partial charge in [-0.3, -0.25) is 9.72 Å². The first kappa shape index (κ1) is 13.8. The number of carbonyl (C=O) groups is 1. The molecular weight excluding hydrogens is 284 g/mol. The van der Waals surface area contributed by atoms with Crippen LogP contribution in [0.4, 0.5) is 22.2 Å². The molecule has 1 aromatic carbocycles. The summed E-state index contributed by atoms with van der Waals surface area (Å²) in [5.74, 6) is 0.709. The normalized spacial score (nSPS) is 10.6. The third-order valence-electron chi connectivity index (χ3n) is 3.27. The third-order valence-corrected chi connectivity index (χ3v) is 3.27. The summed E-state index contributed by atoms with van der Waals surface area (Å²) in [6.45, 7) is 2.02. The molecule has 0 atom stereocenters. The van der Waals surface area contributed by atoms with Crippen LogP contribution in [0.1, 0.15) is 5.56 Å². The molecule has 8 heteroatoms. The maximum absolute atomic E-state index is 10.8. The molecule has 2 N–H and O–H groups in total. The van der Waals surface area contributed by atoms with Crippen molar-refractivity contribution in [3.63, 3.8) is 0 Å². The largest absolute Gasteiger partial charge is 0.465 e. The Kier molecular flexibility index (Phi) is 3.34. The summed E-state index contributed by atoms with van der Waals surface area (Å²) in [4.78, 5) is 17.0. The van der Waals surface area contributed by atoms with Gasteiger partial charge in [0.25, 0.3) is 0 Å². The third kappa shape index (κ3) is 2.41. The molecule has 0 saturated heterocycles. The Balaban J connectivity index is 2.05. The van der Waals surface area contributed by atoms with E-state index < -0.39 is 6.09 Å². The second-order valence-corrected chi connectivity index (χ2v) is 4.79. The molecule has 0 aliphatic carbocycles. The minimum absolute atomic E-state index is 0.128. The van der Waals surface area contributed by atoms with E-state index in [2.05, 4.69) is 20.5 Å². The molecule has 0 aliphatic heterocycles. The summed E-state index contributed by atoms with van der Waals surface area (Å²) >= 11 is 0. The van der Waals surface area contributed by atoms with Crippen LogP contribution in [-0.2, 0) is 0 Å². The number of aryl methyl sites for hydroxylation is 1. The van der Waals surface area contributed by atoms with Crippen LogP contribution >= 0.6 is 0 Å². The number of benzene rings is 1. The molecule has 112 valence electrons. The summed E-state index contributed by atoms with van der Waals surface area (Å²) in [6.07, 6.45) is 1.98. The number of nitrogens with zero attached hydrogens (tertiary/aromatic N) is 5. The zero-order valence-corrected chi connectivity index (χ0v) is 12.1. The predicted octanol–water partition coefficient (Wildman–Crippen LogP) is 2.29. The summed E-state index contributed by atoms with van der Waals surface area (Å²) < 4.78 is 1.54. The summed E-state index contributed by atoms with van der Waals surface area (Å²) in [5, 5.41) is 18.9. The van der Waals surface area contributed by atoms with Gasteiger partial charge in [-0.15, -0.1) is 10.2 Å². The number of amides is 1. The van der Waals surface area contributed by atoms with Crippen LogP contribution in [0.3, 0.4) is 0 Å². The van der Waals surface area contributed by atoms with Crippen molar-refractivity contribution in [2.75, 3.05) is 17.3 Å². The number of hydrogen-bond acceptors (Lipinski definition) is 5. The van der Waals surface area contributed by atoms with Gasteiger partial charge in [0.05, 0.1) is 0 Å². The van der Waals surface area contributed by atoms with Crippen molar-refractivity contribution in [3.05, 3.63) is 42.2 Å². The second kappa shape index (κ2) is 5.32. The summed E-state index contributed by atoms with van der Waals surface area (Å²) in [5.41, 5.74) is 2.58. The van der Waals surface area contributed by atoms with Crippen molar-refractivity contribution in [2.24, 2.45) is 0 Å². The minimum atomic E-state index is -1.19. The average molecular weight is 298 g/mol. The lowest BCUT2D eigenvalue weighted by Crippen LogP contribution is -2.14. The highest BCUT2D eigenvalue weighted by atomic mass is 16.4. The zero-order valence-electron chi connectivity index (χ0n) is 12.1.